The van der Waals surface area contributed by atoms with Crippen LogP contribution in [-0.2, 0) is 48.3 Å². The first-order valence-electron chi connectivity index (χ1n) is 19.9. The first kappa shape index (κ1) is 37.1. The van der Waals surface area contributed by atoms with Crippen molar-refractivity contribution in [1.29, 1.82) is 0 Å². The lowest BCUT2D eigenvalue weighted by atomic mass is 9.72. The molecule has 58 heavy (non-hydrogen) atoms. The van der Waals surface area contributed by atoms with Crippen LogP contribution in [0.1, 0.15) is 75.1 Å². The van der Waals surface area contributed by atoms with Crippen molar-refractivity contribution in [3.63, 3.8) is 0 Å². The van der Waals surface area contributed by atoms with Crippen molar-refractivity contribution in [2.24, 2.45) is 7.05 Å². The molecule has 14 heteroatoms. The fraction of sp³-hybridized carbons (Fsp3) is 0.386. The van der Waals surface area contributed by atoms with Crippen LogP contribution in [0.4, 0.5) is 4.79 Å². The third kappa shape index (κ3) is 5.78. The van der Waals surface area contributed by atoms with Crippen LogP contribution in [0, 0.1) is 0 Å². The number of fused-ring (bicyclic) bond motifs is 12. The number of carbonyl (C=O) groups excluding carboxylic acids is 3. The van der Waals surface area contributed by atoms with E-state index in [0.29, 0.717) is 36.4 Å². The zero-order valence-corrected chi connectivity index (χ0v) is 34.4. The Labute approximate surface area is 346 Å². The normalized spacial score (nSPS) is 18.8. The van der Waals surface area contributed by atoms with Gasteiger partial charge in [-0.3, -0.25) is 14.6 Å². The first-order chi connectivity index (χ1) is 27.7. The fourth-order valence-electron chi connectivity index (χ4n) is 9.96. The number of pyridine rings is 2. The van der Waals surface area contributed by atoms with Crippen LogP contribution in [-0.4, -0.2) is 87.2 Å². The Bertz CT molecular complexity index is 2590. The van der Waals surface area contributed by atoms with Crippen molar-refractivity contribution >= 4 is 41.1 Å². The minimum Gasteiger partial charge on any atom is -0.444 e. The standard InChI is InChI=1S/C23H21ClN4O.C21H23ClN4O3/c1-28-20-16(19-21(28)23(10-25-11-23)12-27-22(19)29)6-5-14-9-26-18(8-17(14)20)13-3-2-4-15(24)7-13;1-20(2,3)29-19(28)26-9-21(10-26)8-24-18(27)15-12-5-4-11-7-23-14(22)6-13(11)16(12)25-17(15)21/h2-4,7-9,25H,5-6,10-12H2,1H3,(H,27,29);6-7,25H,4-5,8-10H2,1-3H3,(H,24,27). The second kappa shape index (κ2) is 13.2. The number of likely N-dealkylation sites (tertiary alicyclic amines) is 1. The number of aromatic amines is 1. The van der Waals surface area contributed by atoms with Gasteiger partial charge in [0, 0.05) is 91.8 Å². The van der Waals surface area contributed by atoms with Gasteiger partial charge in [-0.25, -0.2) is 9.78 Å². The molecule has 0 bridgehead atoms. The van der Waals surface area contributed by atoms with Crippen molar-refractivity contribution in [3.05, 3.63) is 104 Å². The van der Waals surface area contributed by atoms with Crippen LogP contribution in [0.15, 0.2) is 48.8 Å². The molecule has 2 saturated heterocycles. The van der Waals surface area contributed by atoms with E-state index in [1.807, 2.05) is 63.5 Å². The molecular weight excluding hydrogens is 775 g/mol. The van der Waals surface area contributed by atoms with Gasteiger partial charge in [0.25, 0.3) is 11.8 Å². The number of nitrogens with one attached hydrogen (secondary N) is 4. The molecule has 2 spiro atoms. The molecule has 0 radical (unpaired) electrons. The molecule has 4 aliphatic heterocycles. The number of ether oxygens (including phenoxy) is 1. The zero-order valence-electron chi connectivity index (χ0n) is 32.9. The molecule has 3 amide bonds. The van der Waals surface area contributed by atoms with E-state index in [0.717, 1.165) is 89.2 Å². The van der Waals surface area contributed by atoms with Gasteiger partial charge in [0.1, 0.15) is 10.8 Å². The minimum atomic E-state index is -0.533. The summed E-state index contributed by atoms with van der Waals surface area (Å²) in [5.41, 5.74) is 13.7. The van der Waals surface area contributed by atoms with Crippen molar-refractivity contribution in [3.8, 4) is 33.8 Å². The maximum absolute atomic E-state index is 12.9. The van der Waals surface area contributed by atoms with Gasteiger partial charge in [0.2, 0.25) is 0 Å². The van der Waals surface area contributed by atoms with Crippen LogP contribution >= 0.6 is 23.2 Å². The fourth-order valence-corrected chi connectivity index (χ4v) is 10.3. The molecule has 0 unspecified atom stereocenters. The number of rotatable bonds is 1. The number of benzene rings is 1. The Morgan fingerprint density at radius 3 is 2.22 bits per heavy atom. The summed E-state index contributed by atoms with van der Waals surface area (Å²) in [5.74, 6) is 0.0180. The van der Waals surface area contributed by atoms with Gasteiger partial charge in [0.15, 0.2) is 0 Å². The zero-order chi connectivity index (χ0) is 40.3. The summed E-state index contributed by atoms with van der Waals surface area (Å²) in [6.07, 6.45) is 6.85. The number of carbonyl (C=O) groups is 3. The van der Waals surface area contributed by atoms with Crippen molar-refractivity contribution in [2.75, 3.05) is 39.3 Å². The topological polar surface area (TPSA) is 146 Å². The summed E-state index contributed by atoms with van der Waals surface area (Å²) in [6, 6.07) is 11.8. The van der Waals surface area contributed by atoms with Crippen LogP contribution in [0.3, 0.4) is 0 Å². The summed E-state index contributed by atoms with van der Waals surface area (Å²) in [7, 11) is 2.12. The largest absolute Gasteiger partial charge is 0.444 e. The van der Waals surface area contributed by atoms with Crippen molar-refractivity contribution in [2.45, 2.75) is 62.9 Å². The smallest absolute Gasteiger partial charge is 0.410 e. The number of aryl methyl sites for hydroxylation is 2. The molecule has 2 aliphatic carbocycles. The summed E-state index contributed by atoms with van der Waals surface area (Å²) >= 11 is 12.3. The molecule has 2 fully saturated rings. The molecule has 8 heterocycles. The molecule has 5 aromatic rings. The Morgan fingerprint density at radius 2 is 1.52 bits per heavy atom. The van der Waals surface area contributed by atoms with Gasteiger partial charge in [-0.05, 0) is 93.0 Å². The van der Waals surface area contributed by atoms with E-state index < -0.39 is 5.60 Å². The summed E-state index contributed by atoms with van der Waals surface area (Å²) in [6.45, 7) is 9.63. The molecule has 6 aliphatic rings. The monoisotopic (exact) mass is 818 g/mol. The molecule has 4 N–H and O–H groups in total. The molecule has 12 nitrogen and oxygen atoms in total. The lowest BCUT2D eigenvalue weighted by molar-refractivity contribution is -0.0113. The van der Waals surface area contributed by atoms with Crippen molar-refractivity contribution in [1.82, 2.24) is 40.4 Å². The lowest BCUT2D eigenvalue weighted by Gasteiger charge is -2.51. The second-order valence-electron chi connectivity index (χ2n) is 17.6. The van der Waals surface area contributed by atoms with E-state index in [4.69, 9.17) is 32.9 Å². The number of aromatic nitrogens is 4. The van der Waals surface area contributed by atoms with E-state index >= 15 is 0 Å². The molecule has 11 rings (SSSR count). The maximum atomic E-state index is 12.9. The molecule has 4 aromatic heterocycles. The van der Waals surface area contributed by atoms with Gasteiger partial charge in [-0.1, -0.05) is 35.3 Å². The average molecular weight is 820 g/mol. The lowest BCUT2D eigenvalue weighted by Crippen LogP contribution is -2.67. The molecular formula is C44H44Cl2N8O4. The van der Waals surface area contributed by atoms with Gasteiger partial charge in [0.05, 0.1) is 39.0 Å². The number of halogens is 2. The van der Waals surface area contributed by atoms with Crippen LogP contribution < -0.4 is 16.0 Å². The Balaban J connectivity index is 0.000000141. The summed E-state index contributed by atoms with van der Waals surface area (Å²) in [4.78, 5) is 52.2. The Hall–Kier alpha value is -5.17. The predicted octanol–water partition coefficient (Wildman–Crippen LogP) is 6.15. The highest BCUT2D eigenvalue weighted by atomic mass is 35.5. The van der Waals surface area contributed by atoms with Crippen LogP contribution in [0.5, 0.6) is 0 Å². The predicted molar refractivity (Wildman–Crippen MR) is 222 cm³/mol. The maximum Gasteiger partial charge on any atom is 0.410 e. The average Bonchev–Trinajstić information content (AvgIpc) is 3.71. The Morgan fingerprint density at radius 1 is 0.828 bits per heavy atom. The SMILES string of the molecule is CC(C)(C)OC(=O)N1CC2(CNC(=O)c3c2[nH]c2c3CCc3cnc(Cl)cc3-2)C1.Cn1c2c(c3c1C1(CNC1)CNC3=O)CCc1cnc(-c3cccc(Cl)c3)cc1-2. The van der Waals surface area contributed by atoms with E-state index in [-0.39, 0.29) is 28.7 Å². The summed E-state index contributed by atoms with van der Waals surface area (Å²) < 4.78 is 7.78. The number of hydrogen-bond donors (Lipinski definition) is 4. The molecule has 298 valence electrons. The molecule has 0 atom stereocenters. The van der Waals surface area contributed by atoms with Gasteiger partial charge in [-0.2, -0.15) is 0 Å². The number of nitrogens with zero attached hydrogens (tertiary/aromatic N) is 4. The highest BCUT2D eigenvalue weighted by Crippen LogP contribution is 2.47. The van der Waals surface area contributed by atoms with E-state index in [1.54, 1.807) is 4.90 Å². The van der Waals surface area contributed by atoms with E-state index in [9.17, 15) is 14.4 Å². The Kier molecular flexibility index (Phi) is 8.43. The minimum absolute atomic E-state index is 0.0122. The second-order valence-corrected chi connectivity index (χ2v) is 18.4. The van der Waals surface area contributed by atoms with E-state index in [1.165, 1.54) is 28.1 Å². The van der Waals surface area contributed by atoms with Crippen LogP contribution in [0.25, 0.3) is 33.8 Å². The number of amides is 3. The number of hydrogen-bond acceptors (Lipinski definition) is 7. The van der Waals surface area contributed by atoms with E-state index in [2.05, 4.69) is 43.6 Å². The first-order valence-corrected chi connectivity index (χ1v) is 20.6. The summed E-state index contributed by atoms with van der Waals surface area (Å²) in [5, 5.41) is 10.7. The van der Waals surface area contributed by atoms with Crippen molar-refractivity contribution < 1.29 is 19.1 Å². The molecule has 1 aromatic carbocycles. The van der Waals surface area contributed by atoms with Gasteiger partial charge >= 0.3 is 6.09 Å². The highest BCUT2D eigenvalue weighted by molar-refractivity contribution is 6.31. The number of H-pyrrole nitrogens is 1. The quantitative estimate of drug-likeness (QED) is 0.149. The molecule has 0 saturated carbocycles. The van der Waals surface area contributed by atoms with Gasteiger partial charge < -0.3 is 35.1 Å². The third-order valence-electron chi connectivity index (χ3n) is 12.7. The third-order valence-corrected chi connectivity index (χ3v) is 13.1. The van der Waals surface area contributed by atoms with Crippen LogP contribution in [0.2, 0.25) is 10.2 Å². The van der Waals surface area contributed by atoms with Gasteiger partial charge in [-0.15, -0.1) is 0 Å². The highest BCUT2D eigenvalue weighted by Gasteiger charge is 2.54.